The van der Waals surface area contributed by atoms with E-state index in [1.165, 1.54) is 6.33 Å². The van der Waals surface area contributed by atoms with Gasteiger partial charge in [0.1, 0.15) is 12.7 Å². The first-order chi connectivity index (χ1) is 12.3. The predicted molar refractivity (Wildman–Crippen MR) is 95.7 cm³/mol. The van der Waals surface area contributed by atoms with E-state index in [2.05, 4.69) is 25.6 Å². The Morgan fingerprint density at radius 2 is 1.56 bits per heavy atom. The molecule has 2 amide bonds. The van der Waals surface area contributed by atoms with Gasteiger partial charge in [-0.05, 0) is 24.3 Å². The molecule has 122 valence electrons. The maximum atomic E-state index is 12.2. The fourth-order valence-electron chi connectivity index (χ4n) is 2.50. The average molecular weight is 330 g/mol. The largest absolute Gasteiger partial charge is 0.324 e. The van der Waals surface area contributed by atoms with E-state index < -0.39 is 0 Å². The number of rotatable bonds is 3. The molecule has 4 rings (SSSR count). The molecule has 0 radical (unpaired) electrons. The van der Waals surface area contributed by atoms with Crippen molar-refractivity contribution in [3.63, 3.8) is 0 Å². The summed E-state index contributed by atoms with van der Waals surface area (Å²) in [5.41, 5.74) is 2.77. The Morgan fingerprint density at radius 3 is 2.32 bits per heavy atom. The maximum Gasteiger partial charge on any atom is 0.324 e. The lowest BCUT2D eigenvalue weighted by molar-refractivity contribution is 0.262. The topological polar surface area (TPSA) is 84.7 Å². The van der Waals surface area contributed by atoms with Crippen LogP contribution in [0, 0.1) is 0 Å². The number of nitrogens with one attached hydrogen (secondary N) is 2. The Labute approximate surface area is 143 Å². The van der Waals surface area contributed by atoms with Gasteiger partial charge in [0.2, 0.25) is 0 Å². The van der Waals surface area contributed by atoms with Crippen molar-refractivity contribution in [3.8, 4) is 5.69 Å². The third-order valence-electron chi connectivity index (χ3n) is 3.63. The van der Waals surface area contributed by atoms with E-state index in [0.29, 0.717) is 22.7 Å². The first-order valence-electron chi connectivity index (χ1n) is 7.68. The van der Waals surface area contributed by atoms with Gasteiger partial charge >= 0.3 is 6.03 Å². The fourth-order valence-corrected chi connectivity index (χ4v) is 2.50. The summed E-state index contributed by atoms with van der Waals surface area (Å²) in [5, 5.41) is 5.47. The van der Waals surface area contributed by atoms with Gasteiger partial charge in [-0.25, -0.2) is 19.7 Å². The number of para-hydroxylation sites is 2. The van der Waals surface area contributed by atoms with Gasteiger partial charge in [-0.2, -0.15) is 0 Å². The Balaban J connectivity index is 1.63. The van der Waals surface area contributed by atoms with Crippen molar-refractivity contribution >= 4 is 28.7 Å². The lowest BCUT2D eigenvalue weighted by Gasteiger charge is -2.07. The molecule has 0 spiro atoms. The summed E-state index contributed by atoms with van der Waals surface area (Å²) in [5.74, 6) is 0.355. The van der Waals surface area contributed by atoms with Crippen LogP contribution in [0.15, 0.2) is 73.3 Å². The predicted octanol–water partition coefficient (Wildman–Crippen LogP) is 3.46. The summed E-state index contributed by atoms with van der Waals surface area (Å²) in [6.45, 7) is 0. The highest BCUT2D eigenvalue weighted by atomic mass is 16.2. The Hall–Kier alpha value is -3.74. The SMILES string of the molecule is O=C(Nc1ccccc1)Nc1ncnc2c1ncn2-c1ccccc1. The van der Waals surface area contributed by atoms with Gasteiger partial charge < -0.3 is 5.32 Å². The molecule has 0 saturated carbocycles. The minimum atomic E-state index is -0.388. The number of imidazole rings is 1. The third-order valence-corrected chi connectivity index (χ3v) is 3.63. The molecular weight excluding hydrogens is 316 g/mol. The molecule has 0 bridgehead atoms. The van der Waals surface area contributed by atoms with E-state index in [-0.39, 0.29) is 6.03 Å². The number of carbonyl (C=O) groups excluding carboxylic acids is 1. The molecule has 2 aromatic heterocycles. The van der Waals surface area contributed by atoms with Gasteiger partial charge in [-0.3, -0.25) is 9.88 Å². The summed E-state index contributed by atoms with van der Waals surface area (Å²) < 4.78 is 1.84. The number of anilines is 2. The molecule has 25 heavy (non-hydrogen) atoms. The number of hydrogen-bond donors (Lipinski definition) is 2. The summed E-state index contributed by atoms with van der Waals surface area (Å²) in [6, 6.07) is 18.5. The lowest BCUT2D eigenvalue weighted by Crippen LogP contribution is -2.20. The molecule has 4 aromatic rings. The normalized spacial score (nSPS) is 10.6. The number of fused-ring (bicyclic) bond motifs is 1. The van der Waals surface area contributed by atoms with Gasteiger partial charge in [-0.15, -0.1) is 0 Å². The van der Waals surface area contributed by atoms with Crippen LogP contribution in [-0.4, -0.2) is 25.6 Å². The van der Waals surface area contributed by atoms with Crippen molar-refractivity contribution in [2.24, 2.45) is 0 Å². The quantitative estimate of drug-likeness (QED) is 0.602. The van der Waals surface area contributed by atoms with Gasteiger partial charge in [0.15, 0.2) is 17.0 Å². The summed E-state index contributed by atoms with van der Waals surface area (Å²) in [4.78, 5) is 25.0. The first-order valence-corrected chi connectivity index (χ1v) is 7.68. The zero-order valence-electron chi connectivity index (χ0n) is 13.1. The molecule has 0 aliphatic carbocycles. The number of aromatic nitrogens is 4. The summed E-state index contributed by atoms with van der Waals surface area (Å²) in [6.07, 6.45) is 3.07. The van der Waals surface area contributed by atoms with Crippen molar-refractivity contribution in [2.75, 3.05) is 10.6 Å². The van der Waals surface area contributed by atoms with Gasteiger partial charge in [0.05, 0.1) is 0 Å². The van der Waals surface area contributed by atoms with Crippen molar-refractivity contribution < 1.29 is 4.79 Å². The van der Waals surface area contributed by atoms with E-state index in [4.69, 9.17) is 0 Å². The van der Waals surface area contributed by atoms with Crippen molar-refractivity contribution in [1.29, 1.82) is 0 Å². The molecule has 0 saturated heterocycles. The van der Waals surface area contributed by atoms with E-state index in [9.17, 15) is 4.79 Å². The highest BCUT2D eigenvalue weighted by Gasteiger charge is 2.13. The second kappa shape index (κ2) is 6.40. The van der Waals surface area contributed by atoms with Gasteiger partial charge in [0, 0.05) is 11.4 Å². The van der Waals surface area contributed by atoms with Gasteiger partial charge in [0.25, 0.3) is 0 Å². The molecule has 7 heteroatoms. The Kier molecular flexibility index (Phi) is 3.80. The smallest absolute Gasteiger partial charge is 0.308 e. The van der Waals surface area contributed by atoms with Crippen molar-refractivity contribution in [1.82, 2.24) is 19.5 Å². The molecule has 0 aliphatic heterocycles. The number of hydrogen-bond acceptors (Lipinski definition) is 4. The van der Waals surface area contributed by atoms with Gasteiger partial charge in [-0.1, -0.05) is 36.4 Å². The summed E-state index contributed by atoms with van der Waals surface area (Å²) in [7, 11) is 0. The number of amides is 2. The Bertz CT molecular complexity index is 1010. The maximum absolute atomic E-state index is 12.2. The average Bonchev–Trinajstić information content (AvgIpc) is 3.08. The van der Waals surface area contributed by atoms with Crippen LogP contribution in [0.1, 0.15) is 0 Å². The first kappa shape index (κ1) is 14.8. The fraction of sp³-hybridized carbons (Fsp3) is 0. The van der Waals surface area contributed by atoms with E-state index in [0.717, 1.165) is 5.69 Å². The van der Waals surface area contributed by atoms with Crippen LogP contribution in [0.3, 0.4) is 0 Å². The van der Waals surface area contributed by atoms with Crippen LogP contribution in [0.2, 0.25) is 0 Å². The number of benzene rings is 2. The molecule has 0 atom stereocenters. The molecule has 2 heterocycles. The highest BCUT2D eigenvalue weighted by molar-refractivity contribution is 6.03. The molecule has 2 N–H and O–H groups in total. The monoisotopic (exact) mass is 330 g/mol. The number of nitrogens with zero attached hydrogens (tertiary/aromatic N) is 4. The zero-order chi connectivity index (χ0) is 17.1. The minimum absolute atomic E-state index is 0.355. The zero-order valence-corrected chi connectivity index (χ0v) is 13.1. The van der Waals surface area contributed by atoms with Crippen molar-refractivity contribution in [3.05, 3.63) is 73.3 Å². The minimum Gasteiger partial charge on any atom is -0.308 e. The molecular formula is C18H14N6O. The standard InChI is InChI=1S/C18H14N6O/c25-18(22-13-7-3-1-4-8-13)23-16-15-17(20-11-19-16)24(12-21-15)14-9-5-2-6-10-14/h1-12H,(H2,19,20,22,23,25). The summed E-state index contributed by atoms with van der Waals surface area (Å²) >= 11 is 0. The van der Waals surface area contributed by atoms with E-state index in [1.807, 2.05) is 53.1 Å². The molecule has 0 unspecified atom stereocenters. The molecule has 2 aromatic carbocycles. The van der Waals surface area contributed by atoms with Crippen molar-refractivity contribution in [2.45, 2.75) is 0 Å². The number of urea groups is 1. The van der Waals surface area contributed by atoms with E-state index >= 15 is 0 Å². The van der Waals surface area contributed by atoms with Crippen LogP contribution < -0.4 is 10.6 Å². The van der Waals surface area contributed by atoms with E-state index in [1.54, 1.807) is 18.5 Å². The van der Waals surface area contributed by atoms with Crippen LogP contribution >= 0.6 is 0 Å². The van der Waals surface area contributed by atoms with Crippen LogP contribution in [0.25, 0.3) is 16.9 Å². The molecule has 0 aliphatic rings. The van der Waals surface area contributed by atoms with Crippen LogP contribution in [-0.2, 0) is 0 Å². The second-order valence-corrected chi connectivity index (χ2v) is 5.29. The molecule has 0 fully saturated rings. The number of carbonyl (C=O) groups is 1. The van der Waals surface area contributed by atoms with Crippen LogP contribution in [0.4, 0.5) is 16.3 Å². The Morgan fingerprint density at radius 1 is 0.840 bits per heavy atom. The third kappa shape index (κ3) is 3.02. The van der Waals surface area contributed by atoms with Crippen LogP contribution in [0.5, 0.6) is 0 Å². The molecule has 7 nitrogen and oxygen atoms in total. The highest BCUT2D eigenvalue weighted by Crippen LogP contribution is 2.21. The second-order valence-electron chi connectivity index (χ2n) is 5.29. The lowest BCUT2D eigenvalue weighted by atomic mass is 10.3.